The highest BCUT2D eigenvalue weighted by Crippen LogP contribution is 2.50. The molecule has 0 amide bonds. The maximum Gasteiger partial charge on any atom is 0.331 e. The van der Waals surface area contributed by atoms with Crippen LogP contribution in [0.5, 0.6) is 0 Å². The van der Waals surface area contributed by atoms with Gasteiger partial charge in [0.25, 0.3) is 0 Å². The molecule has 0 aliphatic heterocycles. The minimum atomic E-state index is -3.33. The van der Waals surface area contributed by atoms with Crippen molar-refractivity contribution in [3.63, 3.8) is 0 Å². The van der Waals surface area contributed by atoms with Crippen molar-refractivity contribution in [1.29, 1.82) is 0 Å². The highest BCUT2D eigenvalue weighted by molar-refractivity contribution is 7.53. The number of aliphatic hydroxyl groups is 1. The molecular formula is C10H21O6P. The summed E-state index contributed by atoms with van der Waals surface area (Å²) in [6.45, 7) is 3.69. The lowest BCUT2D eigenvalue weighted by molar-refractivity contribution is -0.141. The zero-order valence-electron chi connectivity index (χ0n) is 10.3. The van der Waals surface area contributed by atoms with Gasteiger partial charge in [0, 0.05) is 6.61 Å². The minimum absolute atomic E-state index is 0.0860. The van der Waals surface area contributed by atoms with E-state index in [0.717, 1.165) is 0 Å². The van der Waals surface area contributed by atoms with Crippen LogP contribution >= 0.6 is 7.60 Å². The van der Waals surface area contributed by atoms with E-state index in [9.17, 15) is 9.36 Å². The van der Waals surface area contributed by atoms with Crippen molar-refractivity contribution in [3.8, 4) is 0 Å². The van der Waals surface area contributed by atoms with Crippen LogP contribution in [0.4, 0.5) is 0 Å². The minimum Gasteiger partial charge on any atom is -0.481 e. The summed E-state index contributed by atoms with van der Waals surface area (Å²) < 4.78 is 22.2. The maximum absolute atomic E-state index is 12.1. The van der Waals surface area contributed by atoms with E-state index in [-0.39, 0.29) is 32.4 Å². The molecule has 0 aliphatic carbocycles. The van der Waals surface area contributed by atoms with Crippen LogP contribution in [0.3, 0.4) is 0 Å². The highest BCUT2D eigenvalue weighted by Gasteiger charge is 2.31. The van der Waals surface area contributed by atoms with Crippen molar-refractivity contribution in [3.05, 3.63) is 0 Å². The van der Waals surface area contributed by atoms with Crippen LogP contribution in [0.15, 0.2) is 0 Å². The van der Waals surface area contributed by atoms with Gasteiger partial charge in [-0.1, -0.05) is 0 Å². The number of carbonyl (C=O) groups is 1. The summed E-state index contributed by atoms with van der Waals surface area (Å²) in [6, 6.07) is 0. The molecular weight excluding hydrogens is 247 g/mol. The number of rotatable bonds is 10. The van der Waals surface area contributed by atoms with Crippen molar-refractivity contribution < 1.29 is 28.6 Å². The summed E-state index contributed by atoms with van der Waals surface area (Å²) >= 11 is 0. The molecule has 0 aromatic heterocycles. The van der Waals surface area contributed by atoms with Gasteiger partial charge >= 0.3 is 13.6 Å². The Morgan fingerprint density at radius 2 is 1.82 bits per heavy atom. The van der Waals surface area contributed by atoms with E-state index in [2.05, 4.69) is 0 Å². The van der Waals surface area contributed by atoms with Gasteiger partial charge in [0.05, 0.1) is 25.3 Å². The number of hydrogen-bond acceptors (Lipinski definition) is 5. The van der Waals surface area contributed by atoms with Gasteiger partial charge in [-0.15, -0.1) is 0 Å². The molecule has 7 heteroatoms. The van der Waals surface area contributed by atoms with Gasteiger partial charge < -0.3 is 19.3 Å². The topological polar surface area (TPSA) is 93.1 Å². The van der Waals surface area contributed by atoms with Crippen LogP contribution < -0.4 is 0 Å². The van der Waals surface area contributed by atoms with Crippen molar-refractivity contribution >= 4 is 13.6 Å². The molecule has 0 aromatic rings. The SMILES string of the molecule is CCOP(=O)(CC(CCCO)C(=O)O)OCC. The van der Waals surface area contributed by atoms with Gasteiger partial charge in [0.15, 0.2) is 0 Å². The first-order valence-electron chi connectivity index (χ1n) is 5.70. The Bertz CT molecular complexity index is 258. The third-order valence-corrected chi connectivity index (χ3v) is 4.35. The van der Waals surface area contributed by atoms with Gasteiger partial charge in [0.2, 0.25) is 0 Å². The molecule has 6 nitrogen and oxygen atoms in total. The van der Waals surface area contributed by atoms with E-state index in [0.29, 0.717) is 6.42 Å². The first-order chi connectivity index (χ1) is 7.99. The summed E-state index contributed by atoms with van der Waals surface area (Å²) in [4.78, 5) is 11.0. The quantitative estimate of drug-likeness (QED) is 0.586. The van der Waals surface area contributed by atoms with Gasteiger partial charge in [-0.05, 0) is 26.7 Å². The number of carboxylic acid groups (broad SMARTS) is 1. The van der Waals surface area contributed by atoms with Gasteiger partial charge in [0.1, 0.15) is 0 Å². The van der Waals surface area contributed by atoms with E-state index < -0.39 is 19.5 Å². The molecule has 0 bridgehead atoms. The van der Waals surface area contributed by atoms with E-state index >= 15 is 0 Å². The molecule has 0 saturated carbocycles. The van der Waals surface area contributed by atoms with Gasteiger partial charge in [-0.2, -0.15) is 0 Å². The average molecular weight is 268 g/mol. The Balaban J connectivity index is 4.55. The molecule has 102 valence electrons. The molecule has 17 heavy (non-hydrogen) atoms. The Labute approximate surface area is 101 Å². The van der Waals surface area contributed by atoms with Crippen molar-refractivity contribution in [2.45, 2.75) is 26.7 Å². The van der Waals surface area contributed by atoms with Crippen LogP contribution in [-0.4, -0.2) is 42.2 Å². The Kier molecular flexibility index (Phi) is 8.43. The van der Waals surface area contributed by atoms with Crippen LogP contribution in [0.2, 0.25) is 0 Å². The fourth-order valence-corrected chi connectivity index (χ4v) is 3.39. The molecule has 2 N–H and O–H groups in total. The van der Waals surface area contributed by atoms with Crippen LogP contribution in [0.25, 0.3) is 0 Å². The highest BCUT2D eigenvalue weighted by atomic mass is 31.2. The summed E-state index contributed by atoms with van der Waals surface area (Å²) in [5.41, 5.74) is 0. The maximum atomic E-state index is 12.1. The predicted octanol–water partition coefficient (Wildman–Crippen LogP) is 1.73. The Morgan fingerprint density at radius 1 is 1.29 bits per heavy atom. The Morgan fingerprint density at radius 3 is 2.18 bits per heavy atom. The number of hydrogen-bond donors (Lipinski definition) is 2. The normalized spacial score (nSPS) is 13.6. The fraction of sp³-hybridized carbons (Fsp3) is 0.900. The molecule has 0 fully saturated rings. The molecule has 0 heterocycles. The van der Waals surface area contributed by atoms with E-state index in [1.165, 1.54) is 0 Å². The summed E-state index contributed by atoms with van der Waals surface area (Å²) in [7, 11) is -3.33. The zero-order valence-corrected chi connectivity index (χ0v) is 11.2. The fourth-order valence-electron chi connectivity index (χ4n) is 1.44. The summed E-state index contributed by atoms with van der Waals surface area (Å²) in [5, 5.41) is 17.7. The molecule has 1 atom stereocenters. The Hall–Kier alpha value is -0.420. The van der Waals surface area contributed by atoms with Crippen LogP contribution in [0, 0.1) is 5.92 Å². The lowest BCUT2D eigenvalue weighted by Crippen LogP contribution is -2.20. The molecule has 0 rings (SSSR count). The smallest absolute Gasteiger partial charge is 0.331 e. The van der Waals surface area contributed by atoms with Crippen molar-refractivity contribution in [1.82, 2.24) is 0 Å². The average Bonchev–Trinajstić information content (AvgIpc) is 2.24. The standard InChI is InChI=1S/C10H21O6P/c1-3-15-17(14,16-4-2)8-9(10(12)13)6-5-7-11/h9,11H,3-8H2,1-2H3,(H,12,13). The van der Waals surface area contributed by atoms with Crippen LogP contribution in [0.1, 0.15) is 26.7 Å². The first-order valence-corrected chi connectivity index (χ1v) is 7.43. The molecule has 0 aromatic carbocycles. The molecule has 0 saturated heterocycles. The van der Waals surface area contributed by atoms with Gasteiger partial charge in [-0.3, -0.25) is 9.36 Å². The first kappa shape index (κ1) is 16.6. The number of aliphatic carboxylic acids is 1. The largest absolute Gasteiger partial charge is 0.481 e. The van der Waals surface area contributed by atoms with E-state index in [1.807, 2.05) is 0 Å². The van der Waals surface area contributed by atoms with E-state index in [4.69, 9.17) is 19.3 Å². The summed E-state index contributed by atoms with van der Waals surface area (Å²) in [6.07, 6.45) is 0.467. The van der Waals surface area contributed by atoms with Gasteiger partial charge in [-0.25, -0.2) is 0 Å². The van der Waals surface area contributed by atoms with Crippen LogP contribution in [-0.2, 0) is 18.4 Å². The molecule has 0 radical (unpaired) electrons. The zero-order chi connectivity index (χ0) is 13.3. The van der Waals surface area contributed by atoms with Crippen molar-refractivity contribution in [2.24, 2.45) is 5.92 Å². The second-order valence-corrected chi connectivity index (χ2v) is 5.63. The third kappa shape index (κ3) is 6.78. The van der Waals surface area contributed by atoms with Crippen molar-refractivity contribution in [2.75, 3.05) is 26.0 Å². The van der Waals surface area contributed by atoms with E-state index in [1.54, 1.807) is 13.8 Å². The summed E-state index contributed by atoms with van der Waals surface area (Å²) in [5.74, 6) is -1.86. The number of aliphatic hydroxyl groups excluding tert-OH is 1. The lowest BCUT2D eigenvalue weighted by atomic mass is 10.1. The number of carboxylic acids is 1. The molecule has 1 unspecified atom stereocenters. The second kappa shape index (κ2) is 8.64. The third-order valence-electron chi connectivity index (χ3n) is 2.16. The predicted molar refractivity (Wildman–Crippen MR) is 63.2 cm³/mol. The monoisotopic (exact) mass is 268 g/mol. The second-order valence-electron chi connectivity index (χ2n) is 3.53. The molecule has 0 spiro atoms. The lowest BCUT2D eigenvalue weighted by Gasteiger charge is -2.20. The molecule has 0 aliphatic rings.